The van der Waals surface area contributed by atoms with Crippen molar-refractivity contribution in [3.63, 3.8) is 0 Å². The number of para-hydroxylation sites is 1. The van der Waals surface area contributed by atoms with E-state index < -0.39 is 41.1 Å². The average molecular weight is 482 g/mol. The Balaban J connectivity index is 1.36. The Labute approximate surface area is 200 Å². The first-order valence-electron chi connectivity index (χ1n) is 11.2. The minimum Gasteiger partial charge on any atom is -0.497 e. The maximum atomic E-state index is 14.7. The largest absolute Gasteiger partial charge is 0.497 e. The van der Waals surface area contributed by atoms with Crippen LogP contribution < -0.4 is 25.4 Å². The lowest BCUT2D eigenvalue weighted by molar-refractivity contribution is -0.120. The Kier molecular flexibility index (Phi) is 5.66. The number of hydrogen-bond donors (Lipinski definition) is 3. The van der Waals surface area contributed by atoms with E-state index in [2.05, 4.69) is 16.0 Å². The van der Waals surface area contributed by atoms with Crippen LogP contribution in [0.5, 0.6) is 11.5 Å². The molecule has 1 saturated carbocycles. The van der Waals surface area contributed by atoms with Crippen molar-refractivity contribution in [2.24, 2.45) is 0 Å². The molecule has 2 atom stereocenters. The number of aromatic nitrogens is 1. The van der Waals surface area contributed by atoms with Crippen molar-refractivity contribution in [2.45, 2.75) is 30.3 Å². The number of nitrogens with one attached hydrogen (secondary N) is 3. The van der Waals surface area contributed by atoms with Gasteiger partial charge in [-0.05, 0) is 25.0 Å². The van der Waals surface area contributed by atoms with Crippen LogP contribution in [0.4, 0.5) is 13.6 Å². The number of halogens is 2. The molecule has 35 heavy (non-hydrogen) atoms. The van der Waals surface area contributed by atoms with Gasteiger partial charge in [0.05, 0.1) is 25.5 Å². The molecule has 182 valence electrons. The summed E-state index contributed by atoms with van der Waals surface area (Å²) < 4.78 is 39.7. The molecule has 3 amide bonds. The molecule has 2 aliphatic rings. The summed E-state index contributed by atoms with van der Waals surface area (Å²) in [6, 6.07) is 9.71. The number of fused-ring (bicyclic) bond motifs is 1. The molecule has 3 aromatic rings. The summed E-state index contributed by atoms with van der Waals surface area (Å²) in [6.45, 7) is -0.0128. The number of pyridine rings is 1. The van der Waals surface area contributed by atoms with Gasteiger partial charge in [-0.3, -0.25) is 4.79 Å². The van der Waals surface area contributed by atoms with Crippen LogP contribution in [0.2, 0.25) is 0 Å². The van der Waals surface area contributed by atoms with Gasteiger partial charge in [-0.2, -0.15) is 0 Å². The summed E-state index contributed by atoms with van der Waals surface area (Å²) in [5, 5.41) is 9.00. The minimum absolute atomic E-state index is 0.0128. The number of benzene rings is 2. The molecule has 8 nitrogen and oxygen atoms in total. The van der Waals surface area contributed by atoms with Gasteiger partial charge in [0.15, 0.2) is 0 Å². The number of carbonyl (C=O) groups excluding carboxylic acids is 2. The molecule has 1 aliphatic carbocycles. The lowest BCUT2D eigenvalue weighted by Gasteiger charge is -2.23. The Hall–Kier alpha value is -3.95. The van der Waals surface area contributed by atoms with E-state index in [0.717, 1.165) is 17.5 Å². The second-order valence-corrected chi connectivity index (χ2v) is 8.74. The quantitative estimate of drug-likeness (QED) is 0.501. The zero-order valence-electron chi connectivity index (χ0n) is 19.2. The first kappa shape index (κ1) is 22.8. The van der Waals surface area contributed by atoms with Crippen molar-refractivity contribution in [3.8, 4) is 11.5 Å². The van der Waals surface area contributed by atoms with E-state index in [4.69, 9.17) is 14.5 Å². The predicted octanol–water partition coefficient (Wildman–Crippen LogP) is 3.10. The molecule has 0 radical (unpaired) electrons. The molecule has 1 aromatic heterocycles. The molecule has 0 bridgehead atoms. The van der Waals surface area contributed by atoms with Gasteiger partial charge in [0.2, 0.25) is 5.91 Å². The van der Waals surface area contributed by atoms with Crippen LogP contribution >= 0.6 is 0 Å². The van der Waals surface area contributed by atoms with Crippen LogP contribution in [0.25, 0.3) is 10.9 Å². The number of urea groups is 1. The van der Waals surface area contributed by atoms with E-state index in [1.54, 1.807) is 7.11 Å². The van der Waals surface area contributed by atoms with E-state index in [0.29, 0.717) is 29.8 Å². The minimum atomic E-state index is -1.15. The Morgan fingerprint density at radius 1 is 1.11 bits per heavy atom. The summed E-state index contributed by atoms with van der Waals surface area (Å²) in [6.07, 6.45) is 1.33. The average Bonchev–Trinajstić information content (AvgIpc) is 3.55. The second-order valence-electron chi connectivity index (χ2n) is 8.74. The first-order valence-corrected chi connectivity index (χ1v) is 11.2. The van der Waals surface area contributed by atoms with Crippen molar-refractivity contribution >= 4 is 22.8 Å². The number of carbonyl (C=O) groups is 2. The molecule has 0 spiro atoms. The molecule has 5 rings (SSSR count). The van der Waals surface area contributed by atoms with E-state index in [9.17, 15) is 18.4 Å². The fourth-order valence-electron chi connectivity index (χ4n) is 4.61. The number of hydrogen-bond acceptors (Lipinski definition) is 5. The highest BCUT2D eigenvalue weighted by molar-refractivity contribution is 5.90. The Morgan fingerprint density at radius 2 is 1.86 bits per heavy atom. The summed E-state index contributed by atoms with van der Waals surface area (Å²) in [5.74, 6) is -2.47. The third-order valence-corrected chi connectivity index (χ3v) is 6.62. The Morgan fingerprint density at radius 3 is 2.51 bits per heavy atom. The van der Waals surface area contributed by atoms with Gasteiger partial charge in [-0.25, -0.2) is 18.6 Å². The molecule has 0 unspecified atom stereocenters. The smallest absolute Gasteiger partial charge is 0.316 e. The molecular weight excluding hydrogens is 458 g/mol. The second kappa shape index (κ2) is 8.68. The van der Waals surface area contributed by atoms with Crippen molar-refractivity contribution in [1.82, 2.24) is 20.9 Å². The third kappa shape index (κ3) is 4.09. The molecule has 1 saturated heterocycles. The van der Waals surface area contributed by atoms with Crippen molar-refractivity contribution in [2.75, 3.05) is 20.8 Å². The topological polar surface area (TPSA) is 102 Å². The van der Waals surface area contributed by atoms with Crippen LogP contribution in [0.1, 0.15) is 30.0 Å². The zero-order valence-corrected chi connectivity index (χ0v) is 19.2. The van der Waals surface area contributed by atoms with Crippen LogP contribution in [-0.4, -0.2) is 43.7 Å². The zero-order chi connectivity index (χ0) is 24.7. The van der Waals surface area contributed by atoms with Gasteiger partial charge in [-0.1, -0.05) is 18.2 Å². The summed E-state index contributed by atoms with van der Waals surface area (Å²) >= 11 is 0. The predicted molar refractivity (Wildman–Crippen MR) is 123 cm³/mol. The maximum Gasteiger partial charge on any atom is 0.316 e. The van der Waals surface area contributed by atoms with Gasteiger partial charge >= 0.3 is 6.03 Å². The van der Waals surface area contributed by atoms with E-state index in [-0.39, 0.29) is 17.9 Å². The first-order chi connectivity index (χ1) is 16.8. The van der Waals surface area contributed by atoms with Crippen molar-refractivity contribution in [1.29, 1.82) is 0 Å². The number of rotatable bonds is 6. The fourth-order valence-corrected chi connectivity index (χ4v) is 4.61. The molecule has 3 N–H and O–H groups in total. The third-order valence-electron chi connectivity index (χ3n) is 6.62. The molecular formula is C25H24F2N4O4. The monoisotopic (exact) mass is 482 g/mol. The number of nitrogens with zero attached hydrogens (tertiary/aromatic N) is 1. The normalized spacial score (nSPS) is 20.3. The summed E-state index contributed by atoms with van der Waals surface area (Å²) in [5.41, 5.74) is 0.380. The lowest BCUT2D eigenvalue weighted by atomic mass is 9.93. The SMILES string of the molecule is COc1cc(F)c([C@@H]2CNC(=O)[C@H]2NC(=O)NC2(c3ccc4cccc(OC)c4n3)CC2)c(F)c1. The molecule has 10 heteroatoms. The summed E-state index contributed by atoms with van der Waals surface area (Å²) in [7, 11) is 2.87. The number of ether oxygens (including phenoxy) is 2. The van der Waals surface area contributed by atoms with Gasteiger partial charge < -0.3 is 25.4 Å². The Bertz CT molecular complexity index is 1310. The van der Waals surface area contributed by atoms with E-state index in [1.807, 2.05) is 30.3 Å². The maximum absolute atomic E-state index is 14.7. The fraction of sp³-hybridized carbons (Fsp3) is 0.320. The molecule has 2 fully saturated rings. The van der Waals surface area contributed by atoms with Gasteiger partial charge in [-0.15, -0.1) is 0 Å². The van der Waals surface area contributed by atoms with Gasteiger partial charge in [0, 0.05) is 35.5 Å². The van der Waals surface area contributed by atoms with Gasteiger partial charge in [0.1, 0.15) is 34.7 Å². The van der Waals surface area contributed by atoms with Crippen LogP contribution in [0.3, 0.4) is 0 Å². The van der Waals surface area contributed by atoms with E-state index in [1.165, 1.54) is 7.11 Å². The van der Waals surface area contributed by atoms with Crippen LogP contribution in [0.15, 0.2) is 42.5 Å². The van der Waals surface area contributed by atoms with Crippen LogP contribution in [-0.2, 0) is 10.3 Å². The van der Waals surface area contributed by atoms with Crippen molar-refractivity contribution < 1.29 is 27.8 Å². The van der Waals surface area contributed by atoms with Gasteiger partial charge in [0.25, 0.3) is 0 Å². The summed E-state index contributed by atoms with van der Waals surface area (Å²) in [4.78, 5) is 30.1. The number of amides is 3. The van der Waals surface area contributed by atoms with Crippen LogP contribution in [0, 0.1) is 11.6 Å². The highest BCUT2D eigenvalue weighted by atomic mass is 19.1. The van der Waals surface area contributed by atoms with E-state index >= 15 is 0 Å². The standard InChI is InChI=1S/C25H24F2N4O4/c1-34-14-10-16(26)20(17(27)11-14)15-12-28-23(32)22(15)30-24(33)31-25(8-9-25)19-7-6-13-4-3-5-18(35-2)21(13)29-19/h3-7,10-11,15,22H,8-9,12H2,1-2H3,(H,28,32)(H2,30,31,33)/t15-,22-/m0/s1. The molecule has 1 aliphatic heterocycles. The highest BCUT2D eigenvalue weighted by Crippen LogP contribution is 2.45. The molecule has 2 heterocycles. The highest BCUT2D eigenvalue weighted by Gasteiger charge is 2.48. The molecule has 2 aromatic carbocycles. The van der Waals surface area contributed by atoms with Crippen molar-refractivity contribution in [3.05, 3.63) is 65.4 Å². The lowest BCUT2D eigenvalue weighted by Crippen LogP contribution is -2.50. The number of methoxy groups -OCH3 is 2.